The zero-order chi connectivity index (χ0) is 16.9. The molecule has 1 amide bonds. The number of aromatic nitrogens is 1. The highest BCUT2D eigenvalue weighted by atomic mass is 35.5. The average Bonchev–Trinajstić information content (AvgIpc) is 3.04. The molecule has 1 aliphatic rings. The Morgan fingerprint density at radius 1 is 1.42 bits per heavy atom. The number of piperidine rings is 1. The molecule has 1 aliphatic heterocycles. The Hall–Kier alpha value is -1.79. The van der Waals surface area contributed by atoms with Crippen molar-refractivity contribution in [3.05, 3.63) is 34.7 Å². The van der Waals surface area contributed by atoms with Crippen LogP contribution in [0, 0.1) is 0 Å². The second-order valence-corrected chi connectivity index (χ2v) is 6.89. The molecule has 0 aliphatic carbocycles. The fourth-order valence-electron chi connectivity index (χ4n) is 2.73. The molecule has 7 heteroatoms. The van der Waals surface area contributed by atoms with Crippen LogP contribution in [0.2, 0.25) is 5.02 Å². The summed E-state index contributed by atoms with van der Waals surface area (Å²) >= 11 is 7.80. The van der Waals surface area contributed by atoms with Gasteiger partial charge >= 0.3 is 6.09 Å². The molecule has 2 heterocycles. The summed E-state index contributed by atoms with van der Waals surface area (Å²) in [7, 11) is 0. The molecule has 1 N–H and O–H groups in total. The number of ether oxygens (including phenoxy) is 1. The number of amides is 1. The van der Waals surface area contributed by atoms with Crippen molar-refractivity contribution in [3.63, 3.8) is 0 Å². The van der Waals surface area contributed by atoms with Gasteiger partial charge in [0.25, 0.3) is 0 Å². The molecule has 0 unspecified atom stereocenters. The first-order chi connectivity index (χ1) is 11.7. The molecule has 0 saturated carbocycles. The van der Waals surface area contributed by atoms with Gasteiger partial charge in [0, 0.05) is 35.1 Å². The largest absolute Gasteiger partial charge is 0.450 e. The Morgan fingerprint density at radius 2 is 2.17 bits per heavy atom. The van der Waals surface area contributed by atoms with Crippen LogP contribution in [0.4, 0.5) is 9.93 Å². The van der Waals surface area contributed by atoms with Crippen LogP contribution < -0.4 is 5.32 Å². The average molecular weight is 366 g/mol. The quantitative estimate of drug-likeness (QED) is 0.866. The molecule has 24 heavy (non-hydrogen) atoms. The van der Waals surface area contributed by atoms with Gasteiger partial charge in [-0.15, -0.1) is 11.3 Å². The van der Waals surface area contributed by atoms with E-state index in [2.05, 4.69) is 10.3 Å². The normalized spacial score (nSPS) is 15.3. The maximum absolute atomic E-state index is 11.7. The van der Waals surface area contributed by atoms with Gasteiger partial charge in [0.1, 0.15) is 0 Å². The van der Waals surface area contributed by atoms with Crippen LogP contribution in [0.25, 0.3) is 11.3 Å². The van der Waals surface area contributed by atoms with Crippen molar-refractivity contribution in [2.45, 2.75) is 25.8 Å². The third kappa shape index (κ3) is 3.99. The van der Waals surface area contributed by atoms with E-state index in [1.54, 1.807) is 16.2 Å². The molecule has 5 nitrogen and oxygen atoms in total. The fraction of sp³-hybridized carbons (Fsp3) is 0.412. The summed E-state index contributed by atoms with van der Waals surface area (Å²) in [5.74, 6) is 0. The van der Waals surface area contributed by atoms with E-state index >= 15 is 0 Å². The number of nitrogens with one attached hydrogen (secondary N) is 1. The zero-order valence-electron chi connectivity index (χ0n) is 13.5. The molecule has 1 fully saturated rings. The first-order valence-electron chi connectivity index (χ1n) is 8.06. The van der Waals surface area contributed by atoms with Crippen LogP contribution in [-0.2, 0) is 4.74 Å². The van der Waals surface area contributed by atoms with Gasteiger partial charge in [0.15, 0.2) is 5.13 Å². The minimum atomic E-state index is -0.216. The number of benzene rings is 1. The topological polar surface area (TPSA) is 54.5 Å². The maximum Gasteiger partial charge on any atom is 0.409 e. The minimum absolute atomic E-state index is 0.216. The van der Waals surface area contributed by atoms with Crippen molar-refractivity contribution in [3.8, 4) is 11.3 Å². The lowest BCUT2D eigenvalue weighted by atomic mass is 10.1. The van der Waals surface area contributed by atoms with Gasteiger partial charge in [0.05, 0.1) is 12.3 Å². The van der Waals surface area contributed by atoms with Crippen LogP contribution in [0.5, 0.6) is 0 Å². The molecule has 1 aromatic heterocycles. The molecular formula is C17H20ClN3O2S. The van der Waals surface area contributed by atoms with Gasteiger partial charge in [0.2, 0.25) is 0 Å². The number of carbonyl (C=O) groups is 1. The summed E-state index contributed by atoms with van der Waals surface area (Å²) in [4.78, 5) is 18.1. The molecule has 1 aromatic carbocycles. The van der Waals surface area contributed by atoms with Crippen molar-refractivity contribution in [2.75, 3.05) is 25.0 Å². The molecule has 1 saturated heterocycles. The third-order valence-corrected chi connectivity index (χ3v) is 5.11. The number of carbonyl (C=O) groups excluding carboxylic acids is 1. The first kappa shape index (κ1) is 17.0. The molecule has 2 aromatic rings. The Bertz CT molecular complexity index is 699. The molecule has 0 bridgehead atoms. The van der Waals surface area contributed by atoms with Crippen LogP contribution in [-0.4, -0.2) is 41.7 Å². The third-order valence-electron chi connectivity index (χ3n) is 4.00. The van der Waals surface area contributed by atoms with Crippen LogP contribution in [0.15, 0.2) is 29.6 Å². The highest BCUT2D eigenvalue weighted by molar-refractivity contribution is 7.14. The summed E-state index contributed by atoms with van der Waals surface area (Å²) in [5.41, 5.74) is 1.83. The van der Waals surface area contributed by atoms with Crippen molar-refractivity contribution >= 4 is 34.2 Å². The number of rotatable bonds is 4. The number of hydrogen-bond acceptors (Lipinski definition) is 5. The number of hydrogen-bond donors (Lipinski definition) is 1. The van der Waals surface area contributed by atoms with Crippen LogP contribution >= 0.6 is 22.9 Å². The standard InChI is InChI=1S/C17H20ClN3O2S/c1-2-23-17(22)21-9-7-12(8-10-21)19-16-20-15(11-24-16)13-5-3-4-6-14(13)18/h3-6,11-12H,2,7-10H2,1H3,(H,19,20). The molecular weight excluding hydrogens is 346 g/mol. The van der Waals surface area contributed by atoms with Gasteiger partial charge in [-0.05, 0) is 25.8 Å². The van der Waals surface area contributed by atoms with Crippen LogP contribution in [0.3, 0.4) is 0 Å². The monoisotopic (exact) mass is 365 g/mol. The van der Waals surface area contributed by atoms with E-state index in [1.165, 1.54) is 0 Å². The van der Waals surface area contributed by atoms with E-state index in [1.807, 2.05) is 36.6 Å². The summed E-state index contributed by atoms with van der Waals surface area (Å²) in [6.45, 7) is 3.66. The van der Waals surface area contributed by atoms with E-state index in [0.29, 0.717) is 30.8 Å². The summed E-state index contributed by atoms with van der Waals surface area (Å²) in [6.07, 6.45) is 1.56. The zero-order valence-corrected chi connectivity index (χ0v) is 15.1. The summed E-state index contributed by atoms with van der Waals surface area (Å²) in [5, 5.41) is 7.07. The molecule has 0 radical (unpaired) electrons. The predicted octanol–water partition coefficient (Wildman–Crippen LogP) is 4.50. The van der Waals surface area contributed by atoms with Crippen molar-refractivity contribution < 1.29 is 9.53 Å². The van der Waals surface area contributed by atoms with Gasteiger partial charge in [-0.2, -0.15) is 0 Å². The van der Waals surface area contributed by atoms with E-state index < -0.39 is 0 Å². The lowest BCUT2D eigenvalue weighted by Crippen LogP contribution is -2.42. The summed E-state index contributed by atoms with van der Waals surface area (Å²) in [6, 6.07) is 8.03. The Labute approximate surface area is 150 Å². The smallest absolute Gasteiger partial charge is 0.409 e. The van der Waals surface area contributed by atoms with E-state index in [-0.39, 0.29) is 6.09 Å². The lowest BCUT2D eigenvalue weighted by Gasteiger charge is -2.31. The number of likely N-dealkylation sites (tertiary alicyclic amines) is 1. The molecule has 3 rings (SSSR count). The molecule has 0 atom stereocenters. The Balaban J connectivity index is 1.57. The van der Waals surface area contributed by atoms with Gasteiger partial charge in [-0.3, -0.25) is 0 Å². The second-order valence-electron chi connectivity index (χ2n) is 5.62. The van der Waals surface area contributed by atoms with E-state index in [9.17, 15) is 4.79 Å². The number of halogens is 1. The van der Waals surface area contributed by atoms with E-state index in [4.69, 9.17) is 16.3 Å². The Morgan fingerprint density at radius 3 is 2.88 bits per heavy atom. The van der Waals surface area contributed by atoms with Crippen LogP contribution in [0.1, 0.15) is 19.8 Å². The number of nitrogens with zero attached hydrogens (tertiary/aromatic N) is 2. The van der Waals surface area contributed by atoms with Crippen molar-refractivity contribution in [1.29, 1.82) is 0 Å². The molecule has 128 valence electrons. The lowest BCUT2D eigenvalue weighted by molar-refractivity contribution is 0.0983. The summed E-state index contributed by atoms with van der Waals surface area (Å²) < 4.78 is 5.04. The maximum atomic E-state index is 11.7. The number of thiazole rings is 1. The second kappa shape index (κ2) is 7.85. The predicted molar refractivity (Wildman–Crippen MR) is 97.8 cm³/mol. The SMILES string of the molecule is CCOC(=O)N1CCC(Nc2nc(-c3ccccc3Cl)cs2)CC1. The van der Waals surface area contributed by atoms with Gasteiger partial charge in [-0.1, -0.05) is 29.8 Å². The number of anilines is 1. The van der Waals surface area contributed by atoms with Gasteiger partial charge in [-0.25, -0.2) is 9.78 Å². The minimum Gasteiger partial charge on any atom is -0.450 e. The first-order valence-corrected chi connectivity index (χ1v) is 9.31. The van der Waals surface area contributed by atoms with Gasteiger partial charge < -0.3 is 15.0 Å². The highest BCUT2D eigenvalue weighted by Crippen LogP contribution is 2.31. The van der Waals surface area contributed by atoms with Crippen molar-refractivity contribution in [2.24, 2.45) is 0 Å². The van der Waals surface area contributed by atoms with Crippen molar-refractivity contribution in [1.82, 2.24) is 9.88 Å². The Kier molecular flexibility index (Phi) is 5.58. The fourth-order valence-corrected chi connectivity index (χ4v) is 3.75. The molecule has 0 spiro atoms. The highest BCUT2D eigenvalue weighted by Gasteiger charge is 2.24. The van der Waals surface area contributed by atoms with E-state index in [0.717, 1.165) is 29.2 Å².